The van der Waals surface area contributed by atoms with Crippen LogP contribution in [0.25, 0.3) is 0 Å². The lowest BCUT2D eigenvalue weighted by Crippen LogP contribution is -2.26. The second-order valence-corrected chi connectivity index (χ2v) is 7.77. The van der Waals surface area contributed by atoms with Gasteiger partial charge in [-0.2, -0.15) is 0 Å². The summed E-state index contributed by atoms with van der Waals surface area (Å²) in [5.41, 5.74) is 7.17. The van der Waals surface area contributed by atoms with Gasteiger partial charge in [0, 0.05) is 15.4 Å². The van der Waals surface area contributed by atoms with Crippen molar-refractivity contribution in [1.82, 2.24) is 0 Å². The standard InChI is InChI=1S/C14H15Br2NOS/c1-9(17)14(12-6-7-13(16)19-12)18-8-10-2-4-11(15)5-3-10/h2-7,9,14H,8,17H2,1H3. The van der Waals surface area contributed by atoms with Gasteiger partial charge >= 0.3 is 0 Å². The minimum absolute atomic E-state index is 0.0407. The van der Waals surface area contributed by atoms with Crippen molar-refractivity contribution in [3.05, 3.63) is 55.1 Å². The van der Waals surface area contributed by atoms with E-state index in [2.05, 4.69) is 37.9 Å². The van der Waals surface area contributed by atoms with Crippen molar-refractivity contribution >= 4 is 43.2 Å². The molecule has 0 fully saturated rings. The molecule has 2 unspecified atom stereocenters. The highest BCUT2D eigenvalue weighted by atomic mass is 79.9. The van der Waals surface area contributed by atoms with Gasteiger partial charge in [-0.15, -0.1) is 11.3 Å². The summed E-state index contributed by atoms with van der Waals surface area (Å²) in [7, 11) is 0. The highest BCUT2D eigenvalue weighted by molar-refractivity contribution is 9.11. The van der Waals surface area contributed by atoms with Crippen molar-refractivity contribution in [2.24, 2.45) is 5.73 Å². The molecule has 0 amide bonds. The van der Waals surface area contributed by atoms with E-state index >= 15 is 0 Å². The van der Waals surface area contributed by atoms with Gasteiger partial charge in [0.25, 0.3) is 0 Å². The van der Waals surface area contributed by atoms with Gasteiger partial charge in [0.1, 0.15) is 6.10 Å². The normalized spacial score (nSPS) is 14.3. The number of hydrogen-bond donors (Lipinski definition) is 1. The molecule has 102 valence electrons. The van der Waals surface area contributed by atoms with Crippen molar-refractivity contribution in [1.29, 1.82) is 0 Å². The van der Waals surface area contributed by atoms with Crippen LogP contribution in [0.15, 0.2) is 44.7 Å². The second-order valence-electron chi connectivity index (χ2n) is 4.36. The largest absolute Gasteiger partial charge is 0.366 e. The molecule has 0 aliphatic heterocycles. The summed E-state index contributed by atoms with van der Waals surface area (Å²) in [6.07, 6.45) is -0.0695. The zero-order valence-electron chi connectivity index (χ0n) is 10.5. The molecule has 2 rings (SSSR count). The Labute approximate surface area is 134 Å². The number of benzene rings is 1. The van der Waals surface area contributed by atoms with E-state index in [0.29, 0.717) is 6.61 Å². The molecule has 1 aromatic heterocycles. The summed E-state index contributed by atoms with van der Waals surface area (Å²) >= 11 is 8.56. The Morgan fingerprint density at radius 3 is 2.37 bits per heavy atom. The fourth-order valence-corrected chi connectivity index (χ4v) is 3.59. The van der Waals surface area contributed by atoms with Gasteiger partial charge < -0.3 is 10.5 Å². The first kappa shape index (κ1) is 15.2. The summed E-state index contributed by atoms with van der Waals surface area (Å²) in [6.45, 7) is 2.54. The topological polar surface area (TPSA) is 35.2 Å². The van der Waals surface area contributed by atoms with Crippen LogP contribution in [0.3, 0.4) is 0 Å². The summed E-state index contributed by atoms with van der Waals surface area (Å²) in [6, 6.07) is 12.2. The van der Waals surface area contributed by atoms with Gasteiger partial charge in [0.15, 0.2) is 0 Å². The molecule has 0 aliphatic carbocycles. The van der Waals surface area contributed by atoms with Crippen LogP contribution in [0, 0.1) is 0 Å². The third kappa shape index (κ3) is 4.39. The molecule has 5 heteroatoms. The third-order valence-corrected chi connectivity index (χ3v) is 4.91. The van der Waals surface area contributed by atoms with Crippen LogP contribution < -0.4 is 5.73 Å². The number of rotatable bonds is 5. The zero-order chi connectivity index (χ0) is 13.8. The monoisotopic (exact) mass is 403 g/mol. The maximum atomic E-state index is 6.03. The first-order chi connectivity index (χ1) is 9.06. The molecule has 0 aliphatic rings. The average Bonchev–Trinajstić information content (AvgIpc) is 2.78. The molecule has 0 spiro atoms. The SMILES string of the molecule is CC(N)C(OCc1ccc(Br)cc1)c1ccc(Br)s1. The highest BCUT2D eigenvalue weighted by Gasteiger charge is 2.18. The number of thiophene rings is 1. The molecule has 2 N–H and O–H groups in total. The molecular weight excluding hydrogens is 390 g/mol. The van der Waals surface area contributed by atoms with Crippen LogP contribution in [0.5, 0.6) is 0 Å². The zero-order valence-corrected chi connectivity index (χ0v) is 14.5. The van der Waals surface area contributed by atoms with E-state index in [1.54, 1.807) is 11.3 Å². The quantitative estimate of drug-likeness (QED) is 0.770. The summed E-state index contributed by atoms with van der Waals surface area (Å²) in [4.78, 5) is 1.15. The van der Waals surface area contributed by atoms with E-state index in [9.17, 15) is 0 Å². The van der Waals surface area contributed by atoms with Crippen LogP contribution in [-0.2, 0) is 11.3 Å². The first-order valence-electron chi connectivity index (χ1n) is 5.93. The van der Waals surface area contributed by atoms with Gasteiger partial charge in [0.2, 0.25) is 0 Å². The first-order valence-corrected chi connectivity index (χ1v) is 8.33. The molecule has 2 nitrogen and oxygen atoms in total. The maximum Gasteiger partial charge on any atom is 0.107 e. The van der Waals surface area contributed by atoms with Crippen LogP contribution in [0.1, 0.15) is 23.5 Å². The molecule has 1 heterocycles. The van der Waals surface area contributed by atoms with Crippen LogP contribution in [-0.4, -0.2) is 6.04 Å². The van der Waals surface area contributed by atoms with Crippen molar-refractivity contribution < 1.29 is 4.74 Å². The summed E-state index contributed by atoms with van der Waals surface area (Å²) in [5.74, 6) is 0. The Bertz CT molecular complexity index is 524. The second kappa shape index (κ2) is 6.99. The minimum Gasteiger partial charge on any atom is -0.366 e. The third-order valence-electron chi connectivity index (χ3n) is 2.69. The Morgan fingerprint density at radius 1 is 1.16 bits per heavy atom. The number of nitrogens with two attached hydrogens (primary N) is 1. The van der Waals surface area contributed by atoms with Crippen molar-refractivity contribution in [2.75, 3.05) is 0 Å². The lowest BCUT2D eigenvalue weighted by Gasteiger charge is -2.20. The van der Waals surface area contributed by atoms with Gasteiger partial charge in [-0.1, -0.05) is 28.1 Å². The number of ether oxygens (including phenoxy) is 1. The Hall–Kier alpha value is -0.200. The molecule has 19 heavy (non-hydrogen) atoms. The van der Waals surface area contributed by atoms with Crippen molar-refractivity contribution in [3.63, 3.8) is 0 Å². The van der Waals surface area contributed by atoms with E-state index in [0.717, 1.165) is 18.7 Å². The van der Waals surface area contributed by atoms with E-state index < -0.39 is 0 Å². The van der Waals surface area contributed by atoms with Gasteiger partial charge in [-0.25, -0.2) is 0 Å². The van der Waals surface area contributed by atoms with Crippen molar-refractivity contribution in [3.8, 4) is 0 Å². The molecule has 0 saturated heterocycles. The summed E-state index contributed by atoms with van der Waals surface area (Å²) < 4.78 is 8.15. The minimum atomic E-state index is -0.0695. The van der Waals surface area contributed by atoms with E-state index in [-0.39, 0.29) is 12.1 Å². The molecule has 2 atom stereocenters. The predicted octanol–water partition coefficient (Wildman–Crippen LogP) is 4.88. The summed E-state index contributed by atoms with van der Waals surface area (Å²) in [5, 5.41) is 0. The molecule has 0 bridgehead atoms. The van der Waals surface area contributed by atoms with E-state index in [4.69, 9.17) is 10.5 Å². The fourth-order valence-electron chi connectivity index (χ4n) is 1.74. The molecule has 2 aromatic rings. The van der Waals surface area contributed by atoms with Gasteiger partial charge in [-0.3, -0.25) is 0 Å². The Kier molecular flexibility index (Phi) is 5.59. The smallest absolute Gasteiger partial charge is 0.107 e. The van der Waals surface area contributed by atoms with Crippen molar-refractivity contribution in [2.45, 2.75) is 25.7 Å². The van der Waals surface area contributed by atoms with Gasteiger partial charge in [-0.05, 0) is 52.7 Å². The lowest BCUT2D eigenvalue weighted by atomic mass is 10.1. The molecule has 0 saturated carbocycles. The van der Waals surface area contributed by atoms with Gasteiger partial charge in [0.05, 0.1) is 10.4 Å². The van der Waals surface area contributed by atoms with Crippen LogP contribution in [0.2, 0.25) is 0 Å². The molecule has 1 aromatic carbocycles. The lowest BCUT2D eigenvalue weighted by molar-refractivity contribution is 0.0282. The Balaban J connectivity index is 2.03. The highest BCUT2D eigenvalue weighted by Crippen LogP contribution is 2.31. The number of halogens is 2. The van der Waals surface area contributed by atoms with Crippen LogP contribution in [0.4, 0.5) is 0 Å². The van der Waals surface area contributed by atoms with E-state index in [1.807, 2.05) is 37.3 Å². The maximum absolute atomic E-state index is 6.03. The predicted molar refractivity (Wildman–Crippen MR) is 87.3 cm³/mol. The Morgan fingerprint density at radius 2 is 1.84 bits per heavy atom. The fraction of sp³-hybridized carbons (Fsp3) is 0.286. The van der Waals surface area contributed by atoms with E-state index in [1.165, 1.54) is 0 Å². The number of hydrogen-bond acceptors (Lipinski definition) is 3. The average molecular weight is 405 g/mol. The molecular formula is C14H15Br2NOS. The van der Waals surface area contributed by atoms with Crippen LogP contribution >= 0.6 is 43.2 Å². The molecule has 0 radical (unpaired) electrons.